The highest BCUT2D eigenvalue weighted by atomic mass is 79.9. The van der Waals surface area contributed by atoms with Crippen molar-refractivity contribution >= 4 is 48.7 Å². The van der Waals surface area contributed by atoms with E-state index in [1.165, 1.54) is 0 Å². The van der Waals surface area contributed by atoms with Crippen LogP contribution in [0.5, 0.6) is 0 Å². The van der Waals surface area contributed by atoms with Crippen LogP contribution in [0.2, 0.25) is 0 Å². The Morgan fingerprint density at radius 1 is 1.23 bits per heavy atom. The van der Waals surface area contributed by atoms with Crippen LogP contribution in [0, 0.1) is 0 Å². The predicted molar refractivity (Wildman–Crippen MR) is 96.4 cm³/mol. The molecule has 2 rings (SSSR count). The van der Waals surface area contributed by atoms with Gasteiger partial charge in [0.25, 0.3) is 5.91 Å². The lowest BCUT2D eigenvalue weighted by atomic mass is 10.1. The van der Waals surface area contributed by atoms with Crippen molar-refractivity contribution < 1.29 is 9.53 Å². The molecule has 1 aromatic carbocycles. The average molecular weight is 432 g/mol. The normalized spacial score (nSPS) is 11.0. The third-order valence-electron chi connectivity index (χ3n) is 3.36. The maximum atomic E-state index is 12.3. The molecule has 2 aromatic rings. The van der Waals surface area contributed by atoms with Crippen molar-refractivity contribution in [1.29, 1.82) is 0 Å². The van der Waals surface area contributed by atoms with Crippen LogP contribution in [0.25, 0.3) is 10.9 Å². The number of unbranched alkanes of at least 4 members (excludes halogenated alkanes) is 1. The summed E-state index contributed by atoms with van der Waals surface area (Å²) in [6, 6.07) is 3.90. The minimum absolute atomic E-state index is 0.0611. The fourth-order valence-electron chi connectivity index (χ4n) is 2.12. The first-order valence-electron chi connectivity index (χ1n) is 7.45. The molecular formula is C16H20Br2N2O2. The highest BCUT2D eigenvalue weighted by Gasteiger charge is 2.13. The van der Waals surface area contributed by atoms with E-state index in [4.69, 9.17) is 4.74 Å². The number of aromatic nitrogens is 1. The van der Waals surface area contributed by atoms with Crippen LogP contribution >= 0.6 is 31.9 Å². The second kappa shape index (κ2) is 8.70. The molecule has 1 aromatic heterocycles. The third kappa shape index (κ3) is 4.57. The first-order chi connectivity index (χ1) is 10.6. The number of H-pyrrole nitrogens is 1. The lowest BCUT2D eigenvalue weighted by Crippen LogP contribution is -2.25. The highest BCUT2D eigenvalue weighted by Crippen LogP contribution is 2.29. The van der Waals surface area contributed by atoms with Crippen molar-refractivity contribution in [2.75, 3.05) is 19.8 Å². The van der Waals surface area contributed by atoms with Crippen LogP contribution in [0.15, 0.2) is 27.3 Å². The molecule has 0 unspecified atom stereocenters. The van der Waals surface area contributed by atoms with E-state index >= 15 is 0 Å². The van der Waals surface area contributed by atoms with E-state index in [9.17, 15) is 4.79 Å². The number of carbonyl (C=O) groups is 1. The summed E-state index contributed by atoms with van der Waals surface area (Å²) in [6.45, 7) is 4.25. The van der Waals surface area contributed by atoms with E-state index in [1.54, 1.807) is 6.20 Å². The minimum Gasteiger partial charge on any atom is -0.381 e. The monoisotopic (exact) mass is 430 g/mol. The molecule has 0 aliphatic heterocycles. The van der Waals surface area contributed by atoms with Crippen LogP contribution in [0.1, 0.15) is 36.5 Å². The number of rotatable bonds is 8. The summed E-state index contributed by atoms with van der Waals surface area (Å²) >= 11 is 6.93. The molecular weight excluding hydrogens is 412 g/mol. The van der Waals surface area contributed by atoms with Gasteiger partial charge in [-0.25, -0.2) is 0 Å². The second-order valence-corrected chi connectivity index (χ2v) is 6.80. The molecule has 1 heterocycles. The molecule has 0 radical (unpaired) electrons. The van der Waals surface area contributed by atoms with Gasteiger partial charge in [-0.2, -0.15) is 0 Å². The van der Waals surface area contributed by atoms with Crippen molar-refractivity contribution in [2.45, 2.75) is 26.2 Å². The van der Waals surface area contributed by atoms with Gasteiger partial charge in [0.2, 0.25) is 0 Å². The minimum atomic E-state index is -0.0611. The van der Waals surface area contributed by atoms with Gasteiger partial charge in [0.05, 0.1) is 5.56 Å². The Labute approximate surface area is 147 Å². The van der Waals surface area contributed by atoms with Crippen molar-refractivity contribution in [1.82, 2.24) is 10.3 Å². The summed E-state index contributed by atoms with van der Waals surface area (Å²) < 4.78 is 7.36. The number of halogens is 2. The Morgan fingerprint density at radius 3 is 2.73 bits per heavy atom. The van der Waals surface area contributed by atoms with Crippen LogP contribution in [0.4, 0.5) is 0 Å². The van der Waals surface area contributed by atoms with Crippen molar-refractivity contribution in [3.05, 3.63) is 32.8 Å². The van der Waals surface area contributed by atoms with Crippen molar-refractivity contribution in [3.8, 4) is 0 Å². The van der Waals surface area contributed by atoms with Gasteiger partial charge in [-0.05, 0) is 56.8 Å². The summed E-state index contributed by atoms with van der Waals surface area (Å²) in [7, 11) is 0. The smallest absolute Gasteiger partial charge is 0.253 e. The number of fused-ring (bicyclic) bond motifs is 1. The number of amides is 1. The predicted octanol–water partition coefficient (Wildman–Crippen LogP) is 4.63. The van der Waals surface area contributed by atoms with Gasteiger partial charge in [0, 0.05) is 45.8 Å². The molecule has 0 aliphatic rings. The van der Waals surface area contributed by atoms with Gasteiger partial charge in [0.1, 0.15) is 0 Å². The molecule has 0 spiro atoms. The molecule has 0 atom stereocenters. The van der Waals surface area contributed by atoms with E-state index in [2.05, 4.69) is 49.1 Å². The molecule has 4 nitrogen and oxygen atoms in total. The maximum absolute atomic E-state index is 12.3. The Balaban J connectivity index is 1.87. The van der Waals surface area contributed by atoms with Gasteiger partial charge < -0.3 is 15.0 Å². The summed E-state index contributed by atoms with van der Waals surface area (Å²) in [6.07, 6.45) is 4.80. The number of hydrogen-bond donors (Lipinski definition) is 2. The van der Waals surface area contributed by atoms with Crippen LogP contribution < -0.4 is 5.32 Å². The van der Waals surface area contributed by atoms with Gasteiger partial charge in [0.15, 0.2) is 0 Å². The average Bonchev–Trinajstić information content (AvgIpc) is 2.89. The summed E-state index contributed by atoms with van der Waals surface area (Å²) in [5.74, 6) is -0.0611. The molecule has 22 heavy (non-hydrogen) atoms. The summed E-state index contributed by atoms with van der Waals surface area (Å²) in [5.41, 5.74) is 1.60. The standard InChI is InChI=1S/C16H20Br2N2O2/c1-2-3-6-22-7-4-5-19-16(21)12-10-20-15-9-14(18)13(17)8-11(12)15/h8-10,20H,2-7H2,1H3,(H,19,21). The molecule has 0 saturated carbocycles. The summed E-state index contributed by atoms with van der Waals surface area (Å²) in [5, 5.41) is 3.85. The molecule has 1 amide bonds. The molecule has 6 heteroatoms. The van der Waals surface area contributed by atoms with E-state index in [1.807, 2.05) is 12.1 Å². The fraction of sp³-hybridized carbons (Fsp3) is 0.438. The molecule has 2 N–H and O–H groups in total. The van der Waals surface area contributed by atoms with Gasteiger partial charge in [-0.1, -0.05) is 13.3 Å². The maximum Gasteiger partial charge on any atom is 0.253 e. The van der Waals surface area contributed by atoms with Crippen LogP contribution in [-0.4, -0.2) is 30.6 Å². The third-order valence-corrected chi connectivity index (χ3v) is 5.20. The zero-order valence-corrected chi connectivity index (χ0v) is 15.7. The van der Waals surface area contributed by atoms with E-state index in [0.717, 1.165) is 45.7 Å². The molecule has 0 saturated heterocycles. The fourth-order valence-corrected chi connectivity index (χ4v) is 2.81. The number of benzene rings is 1. The number of hydrogen-bond acceptors (Lipinski definition) is 2. The topological polar surface area (TPSA) is 54.1 Å². The molecule has 120 valence electrons. The zero-order valence-electron chi connectivity index (χ0n) is 12.5. The van der Waals surface area contributed by atoms with Crippen molar-refractivity contribution in [3.63, 3.8) is 0 Å². The molecule has 0 bridgehead atoms. The number of nitrogens with one attached hydrogen (secondary N) is 2. The number of carbonyl (C=O) groups excluding carboxylic acids is 1. The second-order valence-electron chi connectivity index (χ2n) is 5.09. The van der Waals surface area contributed by atoms with Crippen molar-refractivity contribution in [2.24, 2.45) is 0 Å². The Bertz CT molecular complexity index is 640. The summed E-state index contributed by atoms with van der Waals surface area (Å²) in [4.78, 5) is 15.4. The zero-order chi connectivity index (χ0) is 15.9. The SMILES string of the molecule is CCCCOCCCNC(=O)c1c[nH]c2cc(Br)c(Br)cc12. The van der Waals surface area contributed by atoms with Gasteiger partial charge in [-0.15, -0.1) is 0 Å². The highest BCUT2D eigenvalue weighted by molar-refractivity contribution is 9.13. The first-order valence-corrected chi connectivity index (χ1v) is 9.04. The van der Waals surface area contributed by atoms with E-state index in [0.29, 0.717) is 18.7 Å². The molecule has 0 aliphatic carbocycles. The Kier molecular flexibility index (Phi) is 6.92. The quantitative estimate of drug-likeness (QED) is 0.598. The lowest BCUT2D eigenvalue weighted by Gasteiger charge is -2.06. The van der Waals surface area contributed by atoms with Gasteiger partial charge in [-0.3, -0.25) is 4.79 Å². The lowest BCUT2D eigenvalue weighted by molar-refractivity contribution is 0.0942. The largest absolute Gasteiger partial charge is 0.381 e. The van der Waals surface area contributed by atoms with E-state index in [-0.39, 0.29) is 5.91 Å². The number of ether oxygens (including phenoxy) is 1. The van der Waals surface area contributed by atoms with E-state index < -0.39 is 0 Å². The van der Waals surface area contributed by atoms with Crippen LogP contribution in [0.3, 0.4) is 0 Å². The Morgan fingerprint density at radius 2 is 1.95 bits per heavy atom. The molecule has 0 fully saturated rings. The number of aromatic amines is 1. The Hall–Kier alpha value is -0.850. The first kappa shape index (κ1) is 17.5. The van der Waals surface area contributed by atoms with Crippen LogP contribution in [-0.2, 0) is 4.74 Å². The van der Waals surface area contributed by atoms with Gasteiger partial charge >= 0.3 is 0 Å².